The molecule has 4 nitrogen and oxygen atoms in total. The molecule has 0 spiro atoms. The Hall–Kier alpha value is -1.17. The quantitative estimate of drug-likeness (QED) is 0.725. The molecule has 2 rings (SSSR count). The third kappa shape index (κ3) is 1.77. The molecule has 1 aliphatic carbocycles. The largest absolute Gasteiger partial charge is 0.321 e. The van der Waals surface area contributed by atoms with Gasteiger partial charge in [0.25, 0.3) is 10.1 Å². The summed E-state index contributed by atoms with van der Waals surface area (Å²) in [6.07, 6.45) is 3.38. The van der Waals surface area contributed by atoms with Crippen molar-refractivity contribution < 1.29 is 13.0 Å². The average Bonchev–Trinajstić information content (AvgIpc) is 2.14. The van der Waals surface area contributed by atoms with Crippen molar-refractivity contribution in [1.82, 2.24) is 0 Å². The molecule has 1 aromatic carbocycles. The van der Waals surface area contributed by atoms with E-state index in [-0.39, 0.29) is 0 Å². The van der Waals surface area contributed by atoms with E-state index in [1.54, 1.807) is 37.3 Å². The predicted octanol–water partition coefficient (Wildman–Crippen LogP) is 1.36. The summed E-state index contributed by atoms with van der Waals surface area (Å²) in [6.45, 7) is 1.58. The van der Waals surface area contributed by atoms with E-state index in [1.807, 2.05) is 6.07 Å². The lowest BCUT2D eigenvalue weighted by molar-refractivity contribution is 0.434. The minimum atomic E-state index is -4.22. The molecule has 5 heteroatoms. The molecule has 2 atom stereocenters. The maximum Gasteiger partial charge on any atom is 0.274 e. The molecule has 0 fully saturated rings. The summed E-state index contributed by atoms with van der Waals surface area (Å²) < 4.78 is 32.1. The van der Waals surface area contributed by atoms with Crippen LogP contribution in [0.15, 0.2) is 30.3 Å². The van der Waals surface area contributed by atoms with E-state index in [9.17, 15) is 13.0 Å². The van der Waals surface area contributed by atoms with Gasteiger partial charge in [0.15, 0.2) is 0 Å². The first kappa shape index (κ1) is 11.3. The van der Waals surface area contributed by atoms with Crippen LogP contribution >= 0.6 is 0 Å². The van der Waals surface area contributed by atoms with Gasteiger partial charge in [0.05, 0.1) is 5.54 Å². The van der Waals surface area contributed by atoms with E-state index in [0.717, 1.165) is 5.56 Å². The number of benzene rings is 1. The Labute approximate surface area is 94.5 Å². The smallest absolute Gasteiger partial charge is 0.274 e. The van der Waals surface area contributed by atoms with Gasteiger partial charge in [-0.15, -0.1) is 0 Å². The Bertz CT molecular complexity index is 546. The molecule has 0 saturated heterocycles. The summed E-state index contributed by atoms with van der Waals surface area (Å²) in [4.78, 5) is 0. The highest BCUT2D eigenvalue weighted by Crippen LogP contribution is 2.38. The third-order valence-corrected chi connectivity index (χ3v) is 4.12. The Morgan fingerprint density at radius 3 is 2.62 bits per heavy atom. The van der Waals surface area contributed by atoms with Crippen LogP contribution in [0.1, 0.15) is 23.3 Å². The first-order valence-electron chi connectivity index (χ1n) is 4.86. The van der Waals surface area contributed by atoms with Gasteiger partial charge in [-0.3, -0.25) is 4.55 Å². The fourth-order valence-electron chi connectivity index (χ4n) is 2.07. The highest BCUT2D eigenvalue weighted by Gasteiger charge is 2.41. The molecule has 0 aliphatic heterocycles. The number of fused-ring (bicyclic) bond motifs is 1. The first-order chi connectivity index (χ1) is 7.32. The second-order valence-corrected chi connectivity index (χ2v) is 5.72. The van der Waals surface area contributed by atoms with Crippen molar-refractivity contribution in [3.05, 3.63) is 41.5 Å². The van der Waals surface area contributed by atoms with E-state index >= 15 is 0 Å². The molecule has 0 aromatic heterocycles. The summed E-state index contributed by atoms with van der Waals surface area (Å²) in [6, 6.07) is 7.00. The number of hydrogen-bond acceptors (Lipinski definition) is 3. The maximum absolute atomic E-state index is 11.4. The van der Waals surface area contributed by atoms with Gasteiger partial charge < -0.3 is 5.73 Å². The molecule has 2 unspecified atom stereocenters. The first-order valence-corrected chi connectivity index (χ1v) is 6.36. The van der Waals surface area contributed by atoms with Gasteiger partial charge in [-0.2, -0.15) is 8.42 Å². The highest BCUT2D eigenvalue weighted by atomic mass is 32.2. The summed E-state index contributed by atoms with van der Waals surface area (Å²) in [7, 11) is -4.22. The van der Waals surface area contributed by atoms with Crippen molar-refractivity contribution in [3.63, 3.8) is 0 Å². The lowest BCUT2D eigenvalue weighted by atomic mass is 9.85. The van der Waals surface area contributed by atoms with Crippen LogP contribution in [-0.2, 0) is 10.1 Å². The van der Waals surface area contributed by atoms with Crippen LogP contribution in [0, 0.1) is 0 Å². The lowest BCUT2D eigenvalue weighted by Gasteiger charge is -2.33. The van der Waals surface area contributed by atoms with Crippen molar-refractivity contribution in [2.75, 3.05) is 0 Å². The van der Waals surface area contributed by atoms with Gasteiger partial charge in [-0.1, -0.05) is 36.4 Å². The molecule has 1 aromatic rings. The van der Waals surface area contributed by atoms with Gasteiger partial charge in [0.1, 0.15) is 5.25 Å². The molecule has 3 N–H and O–H groups in total. The fourth-order valence-corrected chi connectivity index (χ4v) is 3.33. The van der Waals surface area contributed by atoms with Crippen molar-refractivity contribution in [1.29, 1.82) is 0 Å². The SMILES string of the molecule is CC1(N)C=Cc2ccccc2C1S(=O)(=O)O. The van der Waals surface area contributed by atoms with E-state index in [1.165, 1.54) is 0 Å². The van der Waals surface area contributed by atoms with Crippen LogP contribution in [0.2, 0.25) is 0 Å². The molecular weight excluding hydrogens is 226 g/mol. The Morgan fingerprint density at radius 1 is 1.38 bits per heavy atom. The molecule has 0 radical (unpaired) electrons. The van der Waals surface area contributed by atoms with E-state index in [0.29, 0.717) is 5.56 Å². The zero-order chi connectivity index (χ0) is 12.0. The Balaban J connectivity index is 2.70. The molecular formula is C11H13NO3S. The standard InChI is InChI=1S/C11H13NO3S/c1-11(12)7-6-8-4-2-3-5-9(8)10(11)16(13,14)15/h2-7,10H,12H2,1H3,(H,13,14,15). The summed E-state index contributed by atoms with van der Waals surface area (Å²) in [5.74, 6) is 0. The monoisotopic (exact) mass is 239 g/mol. The molecule has 0 amide bonds. The van der Waals surface area contributed by atoms with E-state index < -0.39 is 20.9 Å². The molecule has 0 heterocycles. The molecule has 0 bridgehead atoms. The van der Waals surface area contributed by atoms with Gasteiger partial charge in [0, 0.05) is 0 Å². The second kappa shape index (κ2) is 3.41. The van der Waals surface area contributed by atoms with Gasteiger partial charge in [0.2, 0.25) is 0 Å². The zero-order valence-corrected chi connectivity index (χ0v) is 9.61. The summed E-state index contributed by atoms with van der Waals surface area (Å²) >= 11 is 0. The summed E-state index contributed by atoms with van der Waals surface area (Å²) in [5, 5.41) is -1.11. The van der Waals surface area contributed by atoms with Gasteiger partial charge >= 0.3 is 0 Å². The minimum absolute atomic E-state index is 0.539. The third-order valence-electron chi connectivity index (χ3n) is 2.76. The van der Waals surface area contributed by atoms with Crippen molar-refractivity contribution >= 4 is 16.2 Å². The normalized spacial score (nSPS) is 28.8. The van der Waals surface area contributed by atoms with Crippen LogP contribution in [0.3, 0.4) is 0 Å². The lowest BCUT2D eigenvalue weighted by Crippen LogP contribution is -2.45. The molecule has 16 heavy (non-hydrogen) atoms. The van der Waals surface area contributed by atoms with Crippen LogP contribution in [0.4, 0.5) is 0 Å². The maximum atomic E-state index is 11.4. The van der Waals surface area contributed by atoms with Gasteiger partial charge in [-0.25, -0.2) is 0 Å². The average molecular weight is 239 g/mol. The molecule has 0 saturated carbocycles. The topological polar surface area (TPSA) is 80.4 Å². The number of nitrogens with two attached hydrogens (primary N) is 1. The molecule has 86 valence electrons. The fraction of sp³-hybridized carbons (Fsp3) is 0.273. The zero-order valence-electron chi connectivity index (χ0n) is 8.79. The molecule has 1 aliphatic rings. The predicted molar refractivity (Wildman–Crippen MR) is 62.4 cm³/mol. The van der Waals surface area contributed by atoms with E-state index in [4.69, 9.17) is 5.73 Å². The van der Waals surface area contributed by atoms with Crippen molar-refractivity contribution in [2.24, 2.45) is 5.73 Å². The van der Waals surface area contributed by atoms with Crippen LogP contribution in [0.5, 0.6) is 0 Å². The Morgan fingerprint density at radius 2 is 2.00 bits per heavy atom. The van der Waals surface area contributed by atoms with Crippen molar-refractivity contribution in [3.8, 4) is 0 Å². The number of hydrogen-bond donors (Lipinski definition) is 2. The van der Waals surface area contributed by atoms with E-state index in [2.05, 4.69) is 0 Å². The van der Waals surface area contributed by atoms with Crippen LogP contribution < -0.4 is 5.73 Å². The van der Waals surface area contributed by atoms with Crippen LogP contribution in [-0.4, -0.2) is 18.5 Å². The van der Waals surface area contributed by atoms with Crippen molar-refractivity contribution in [2.45, 2.75) is 17.7 Å². The number of rotatable bonds is 1. The van der Waals surface area contributed by atoms with Gasteiger partial charge in [-0.05, 0) is 18.1 Å². The summed E-state index contributed by atoms with van der Waals surface area (Å²) in [5.41, 5.74) is 6.11. The minimum Gasteiger partial charge on any atom is -0.321 e. The highest BCUT2D eigenvalue weighted by molar-refractivity contribution is 7.86. The Kier molecular flexibility index (Phi) is 2.41. The second-order valence-electron chi connectivity index (χ2n) is 4.22. The van der Waals surface area contributed by atoms with Crippen LogP contribution in [0.25, 0.3) is 6.08 Å².